The fourth-order valence-electron chi connectivity index (χ4n) is 3.60. The number of hydrogen-bond acceptors (Lipinski definition) is 6. The van der Waals surface area contributed by atoms with Gasteiger partial charge in [0.1, 0.15) is 5.78 Å². The van der Waals surface area contributed by atoms with Crippen LogP contribution in [0.15, 0.2) is 59.9 Å². The lowest BCUT2D eigenvalue weighted by Crippen LogP contribution is -2.39. The summed E-state index contributed by atoms with van der Waals surface area (Å²) in [4.78, 5) is 21.6. The molecule has 1 aromatic heterocycles. The summed E-state index contributed by atoms with van der Waals surface area (Å²) >= 11 is 0. The Morgan fingerprint density at radius 1 is 1.25 bits per heavy atom. The maximum atomic E-state index is 13.1. The molecule has 2 aromatic carbocycles. The van der Waals surface area contributed by atoms with Crippen molar-refractivity contribution in [1.29, 1.82) is 0 Å². The number of para-hydroxylation sites is 1. The zero-order valence-electron chi connectivity index (χ0n) is 15.5. The van der Waals surface area contributed by atoms with Gasteiger partial charge in [0.2, 0.25) is 0 Å². The first-order valence-electron chi connectivity index (χ1n) is 9.15. The number of benzene rings is 2. The number of nitrogens with two attached hydrogens (primary N) is 1. The van der Waals surface area contributed by atoms with Crippen molar-refractivity contribution in [1.82, 2.24) is 4.98 Å². The molecule has 0 bridgehead atoms. The first-order valence-corrected chi connectivity index (χ1v) is 9.15. The van der Waals surface area contributed by atoms with Crippen molar-refractivity contribution in [3.05, 3.63) is 66.0 Å². The first kappa shape index (κ1) is 18.3. The number of carbonyl (C=O) groups excluding carboxylic acids is 1. The van der Waals surface area contributed by atoms with Crippen LogP contribution in [0.5, 0.6) is 0 Å². The third-order valence-corrected chi connectivity index (χ3v) is 5.00. The lowest BCUT2D eigenvalue weighted by Gasteiger charge is -2.23. The monoisotopic (exact) mass is 373 g/mol. The summed E-state index contributed by atoms with van der Waals surface area (Å²) in [5.74, 6) is -0.137. The van der Waals surface area contributed by atoms with Crippen molar-refractivity contribution in [2.24, 2.45) is 10.7 Å². The van der Waals surface area contributed by atoms with Crippen LogP contribution < -0.4 is 11.2 Å². The summed E-state index contributed by atoms with van der Waals surface area (Å²) in [6.07, 6.45) is 3.81. The molecule has 0 spiro atoms. The first-order chi connectivity index (χ1) is 13.6. The number of fused-ring (bicyclic) bond motifs is 2. The molecular weight excluding hydrogens is 353 g/mol. The fourth-order valence-corrected chi connectivity index (χ4v) is 3.60. The summed E-state index contributed by atoms with van der Waals surface area (Å²) < 4.78 is 5.26. The van der Waals surface area contributed by atoms with Gasteiger partial charge in [0.25, 0.3) is 0 Å². The minimum Gasteiger partial charge on any atom is -0.522 e. The Morgan fingerprint density at radius 2 is 2.11 bits per heavy atom. The van der Waals surface area contributed by atoms with Gasteiger partial charge in [0, 0.05) is 43.1 Å². The highest BCUT2D eigenvalue weighted by Gasteiger charge is 2.31. The molecule has 1 unspecified atom stereocenters. The van der Waals surface area contributed by atoms with Crippen LogP contribution in [0, 0.1) is 0 Å². The molecule has 0 saturated carbocycles. The summed E-state index contributed by atoms with van der Waals surface area (Å²) in [6, 6.07) is 13.2. The van der Waals surface area contributed by atoms with Crippen LogP contribution in [-0.4, -0.2) is 35.4 Å². The van der Waals surface area contributed by atoms with Gasteiger partial charge >= 0.3 is 7.12 Å². The summed E-state index contributed by atoms with van der Waals surface area (Å²) in [6.45, 7) is 1.84. The smallest absolute Gasteiger partial charge is 0.522 e. The minimum absolute atomic E-state index is 0.0122. The van der Waals surface area contributed by atoms with Crippen LogP contribution >= 0.6 is 0 Å². The van der Waals surface area contributed by atoms with E-state index in [0.29, 0.717) is 17.0 Å². The van der Waals surface area contributed by atoms with Crippen molar-refractivity contribution in [2.45, 2.75) is 19.3 Å². The molecule has 28 heavy (non-hydrogen) atoms. The molecule has 0 fully saturated rings. The summed E-state index contributed by atoms with van der Waals surface area (Å²) in [7, 11) is -1.09. The van der Waals surface area contributed by atoms with E-state index in [1.54, 1.807) is 31.5 Å². The second-order valence-corrected chi connectivity index (χ2v) is 6.87. The molecule has 1 aliphatic heterocycles. The fraction of sp³-hybridized carbons (Fsp3) is 0.190. The second kappa shape index (κ2) is 7.54. The van der Waals surface area contributed by atoms with Gasteiger partial charge < -0.3 is 15.4 Å². The van der Waals surface area contributed by atoms with E-state index in [-0.39, 0.29) is 18.7 Å². The molecule has 0 aliphatic carbocycles. The van der Waals surface area contributed by atoms with E-state index in [1.165, 1.54) is 0 Å². The molecule has 1 atom stereocenters. The molecule has 6 nitrogen and oxygen atoms in total. The number of aromatic nitrogens is 1. The molecule has 7 heteroatoms. The van der Waals surface area contributed by atoms with Crippen molar-refractivity contribution in [3.8, 4) is 0 Å². The molecule has 140 valence electrons. The third-order valence-electron chi connectivity index (χ3n) is 5.00. The Balaban J connectivity index is 1.66. The number of Topliss-reactive ketones (excluding diaryl/α,β-unsaturated/α-hetero) is 1. The molecule has 1 aliphatic rings. The van der Waals surface area contributed by atoms with Crippen LogP contribution in [-0.2, 0) is 15.9 Å². The highest BCUT2D eigenvalue weighted by Crippen LogP contribution is 2.29. The number of carbonyl (C=O) groups is 1. The van der Waals surface area contributed by atoms with Crippen LogP contribution in [0.25, 0.3) is 10.8 Å². The van der Waals surface area contributed by atoms with Gasteiger partial charge in [-0.05, 0) is 22.6 Å². The van der Waals surface area contributed by atoms with E-state index in [2.05, 4.69) is 9.98 Å². The molecule has 2 heterocycles. The number of pyridine rings is 1. The second-order valence-electron chi connectivity index (χ2n) is 6.87. The van der Waals surface area contributed by atoms with Crippen molar-refractivity contribution >= 4 is 40.7 Å². The van der Waals surface area contributed by atoms with E-state index in [4.69, 9.17) is 10.4 Å². The van der Waals surface area contributed by atoms with Crippen LogP contribution in [0.1, 0.15) is 24.0 Å². The molecule has 4 rings (SSSR count). The Kier molecular flexibility index (Phi) is 4.94. The van der Waals surface area contributed by atoms with Crippen LogP contribution in [0.3, 0.4) is 0 Å². The number of nitrogens with zero attached hydrogens (tertiary/aromatic N) is 2. The van der Waals surface area contributed by atoms with Crippen molar-refractivity contribution < 1.29 is 14.5 Å². The Hall–Kier alpha value is -3.03. The van der Waals surface area contributed by atoms with Gasteiger partial charge in [-0.1, -0.05) is 36.4 Å². The normalized spacial score (nSPS) is 14.2. The molecule has 0 radical (unpaired) electrons. The van der Waals surface area contributed by atoms with E-state index in [0.717, 1.165) is 21.9 Å². The number of rotatable bonds is 5. The minimum atomic E-state index is -1.09. The van der Waals surface area contributed by atoms with E-state index < -0.39 is 13.0 Å². The summed E-state index contributed by atoms with van der Waals surface area (Å²) in [5.41, 5.74) is 8.75. The largest absolute Gasteiger partial charge is 0.563 e. The van der Waals surface area contributed by atoms with Crippen LogP contribution in [0.4, 0.5) is 5.69 Å². The van der Waals surface area contributed by atoms with E-state index in [1.807, 2.05) is 30.3 Å². The van der Waals surface area contributed by atoms with Crippen molar-refractivity contribution in [2.75, 3.05) is 6.54 Å². The Labute approximate surface area is 163 Å². The third kappa shape index (κ3) is 3.42. The molecule has 3 N–H and O–H groups in total. The number of ketones is 1. The van der Waals surface area contributed by atoms with Gasteiger partial charge in [-0.25, -0.2) is 4.99 Å². The predicted molar refractivity (Wildman–Crippen MR) is 110 cm³/mol. The standard InChI is InChI=1S/C21H20BN3O3/c1-13-25-21-17(3-2-4-19(21)22(27)28-13)18(11-23)20(26)10-14-5-6-16-12-24-8-7-15(16)9-14/h2-9,12,18,27H,10-11,23H2,1H3. The zero-order chi connectivity index (χ0) is 19.7. The molecule has 3 aromatic rings. The maximum absolute atomic E-state index is 13.1. The number of aliphatic imine (C=N–C) groups is 1. The van der Waals surface area contributed by atoms with Gasteiger partial charge in [-0.15, -0.1) is 0 Å². The van der Waals surface area contributed by atoms with Gasteiger partial charge in [-0.3, -0.25) is 9.78 Å². The quantitative estimate of drug-likeness (QED) is 0.666. The van der Waals surface area contributed by atoms with E-state index >= 15 is 0 Å². The maximum Gasteiger partial charge on any atom is 0.563 e. The van der Waals surface area contributed by atoms with Gasteiger partial charge in [-0.2, -0.15) is 0 Å². The highest BCUT2D eigenvalue weighted by molar-refractivity contribution is 6.64. The summed E-state index contributed by atoms with van der Waals surface area (Å²) in [5, 5.41) is 12.2. The number of hydrogen-bond donors (Lipinski definition) is 2. The average molecular weight is 373 g/mol. The topological polar surface area (TPSA) is 97.8 Å². The molecule has 0 saturated heterocycles. The SMILES string of the molecule is CC1=Nc2c(cccc2C(CN)C(=O)Cc2ccc3cnccc3c2)B(O)O1. The predicted octanol–water partition coefficient (Wildman–Crippen LogP) is 1.86. The molecular formula is C21H20BN3O3. The lowest BCUT2D eigenvalue weighted by atomic mass is 9.74. The van der Waals surface area contributed by atoms with Crippen molar-refractivity contribution in [3.63, 3.8) is 0 Å². The Bertz CT molecular complexity index is 1080. The van der Waals surface area contributed by atoms with Gasteiger partial charge in [0.15, 0.2) is 5.90 Å². The lowest BCUT2D eigenvalue weighted by molar-refractivity contribution is -0.119. The average Bonchev–Trinajstić information content (AvgIpc) is 2.69. The molecule has 0 amide bonds. The van der Waals surface area contributed by atoms with Gasteiger partial charge in [0.05, 0.1) is 11.6 Å². The van der Waals surface area contributed by atoms with E-state index in [9.17, 15) is 9.82 Å². The highest BCUT2D eigenvalue weighted by atomic mass is 16.5. The zero-order valence-corrected chi connectivity index (χ0v) is 15.5. The van der Waals surface area contributed by atoms with Crippen LogP contribution in [0.2, 0.25) is 0 Å². The Morgan fingerprint density at radius 3 is 2.93 bits per heavy atom.